The summed E-state index contributed by atoms with van der Waals surface area (Å²) < 4.78 is 0. The average Bonchev–Trinajstić information content (AvgIpc) is 2.47. The van der Waals surface area contributed by atoms with Crippen molar-refractivity contribution >= 4 is 35.8 Å². The molecule has 8 heteroatoms. The van der Waals surface area contributed by atoms with Crippen LogP contribution in [0.15, 0.2) is 24.3 Å². The number of rotatable bonds is 7. The number of hydrogen-bond donors (Lipinski definition) is 3. The molecule has 1 unspecified atom stereocenters. The van der Waals surface area contributed by atoms with Crippen LogP contribution in [0.25, 0.3) is 0 Å². The van der Waals surface area contributed by atoms with E-state index < -0.39 is 17.9 Å². The van der Waals surface area contributed by atoms with Crippen molar-refractivity contribution in [1.29, 1.82) is 0 Å². The van der Waals surface area contributed by atoms with Crippen LogP contribution < -0.4 is 16.8 Å². The van der Waals surface area contributed by atoms with E-state index in [9.17, 15) is 14.4 Å². The second-order valence-corrected chi connectivity index (χ2v) is 4.82. The lowest BCUT2D eigenvalue weighted by Crippen LogP contribution is -2.39. The van der Waals surface area contributed by atoms with Crippen LogP contribution in [0.1, 0.15) is 30.6 Å². The van der Waals surface area contributed by atoms with E-state index >= 15 is 0 Å². The van der Waals surface area contributed by atoms with Gasteiger partial charge in [0, 0.05) is 24.3 Å². The van der Waals surface area contributed by atoms with Gasteiger partial charge in [-0.3, -0.25) is 14.4 Å². The molecule has 0 heterocycles. The molecule has 0 aromatic heterocycles. The van der Waals surface area contributed by atoms with Gasteiger partial charge in [0.2, 0.25) is 11.8 Å². The van der Waals surface area contributed by atoms with E-state index in [1.807, 2.05) is 13.8 Å². The van der Waals surface area contributed by atoms with Crippen molar-refractivity contribution < 1.29 is 14.4 Å². The molecule has 0 saturated carbocycles. The van der Waals surface area contributed by atoms with Crippen LogP contribution in [-0.2, 0) is 9.59 Å². The molecule has 0 aliphatic carbocycles. The molecule has 1 aromatic carbocycles. The molecule has 7 nitrogen and oxygen atoms in total. The van der Waals surface area contributed by atoms with Gasteiger partial charge in [0.25, 0.3) is 5.91 Å². The minimum atomic E-state index is -1.01. The fourth-order valence-electron chi connectivity index (χ4n) is 1.97. The van der Waals surface area contributed by atoms with Crippen molar-refractivity contribution in [2.45, 2.75) is 26.3 Å². The number of carbonyl (C=O) groups is 3. The molecule has 23 heavy (non-hydrogen) atoms. The third-order valence-electron chi connectivity index (χ3n) is 3.19. The number of amides is 3. The van der Waals surface area contributed by atoms with Crippen LogP contribution >= 0.6 is 12.4 Å². The molecular formula is C15H23ClN4O3. The maximum absolute atomic E-state index is 12.3. The summed E-state index contributed by atoms with van der Waals surface area (Å²) in [5, 5.41) is 2.57. The van der Waals surface area contributed by atoms with Crippen molar-refractivity contribution in [2.24, 2.45) is 11.5 Å². The summed E-state index contributed by atoms with van der Waals surface area (Å²) in [5.74, 6) is -1.28. The minimum absolute atomic E-state index is 0. The highest BCUT2D eigenvalue weighted by atomic mass is 35.5. The Hall–Kier alpha value is -2.12. The maximum atomic E-state index is 12.3. The van der Waals surface area contributed by atoms with Gasteiger partial charge in [-0.05, 0) is 32.0 Å². The molecule has 0 fully saturated rings. The molecule has 3 amide bonds. The molecule has 1 aromatic rings. The van der Waals surface area contributed by atoms with Gasteiger partial charge in [0.1, 0.15) is 0 Å². The maximum Gasteiger partial charge on any atom is 0.253 e. The highest BCUT2D eigenvalue weighted by Crippen LogP contribution is 2.13. The molecule has 128 valence electrons. The highest BCUT2D eigenvalue weighted by molar-refractivity contribution is 5.99. The predicted octanol–water partition coefficient (Wildman–Crippen LogP) is 0.732. The number of carbonyl (C=O) groups excluding carboxylic acids is 3. The Kier molecular flexibility index (Phi) is 8.90. The molecule has 0 bridgehead atoms. The first-order valence-electron chi connectivity index (χ1n) is 7.13. The van der Waals surface area contributed by atoms with Crippen LogP contribution in [0.4, 0.5) is 5.69 Å². The van der Waals surface area contributed by atoms with Gasteiger partial charge in [-0.1, -0.05) is 6.07 Å². The molecule has 5 N–H and O–H groups in total. The smallest absolute Gasteiger partial charge is 0.253 e. The molecule has 0 spiro atoms. The second-order valence-electron chi connectivity index (χ2n) is 4.82. The molecule has 1 rings (SSSR count). The SMILES string of the molecule is CCN(CC)C(=O)c1cccc(NC(=O)C(N)CC(N)=O)c1.Cl. The lowest BCUT2D eigenvalue weighted by Gasteiger charge is -2.19. The number of halogens is 1. The van der Waals surface area contributed by atoms with E-state index in [2.05, 4.69) is 5.32 Å². The molecular weight excluding hydrogens is 320 g/mol. The zero-order chi connectivity index (χ0) is 16.7. The van der Waals surface area contributed by atoms with Gasteiger partial charge >= 0.3 is 0 Å². The van der Waals surface area contributed by atoms with E-state index in [4.69, 9.17) is 11.5 Å². The van der Waals surface area contributed by atoms with Gasteiger partial charge in [0.05, 0.1) is 12.5 Å². The zero-order valence-electron chi connectivity index (χ0n) is 13.2. The summed E-state index contributed by atoms with van der Waals surface area (Å²) in [6.07, 6.45) is -0.232. The largest absolute Gasteiger partial charge is 0.370 e. The lowest BCUT2D eigenvalue weighted by molar-refractivity contribution is -0.123. The van der Waals surface area contributed by atoms with Gasteiger partial charge in [-0.2, -0.15) is 0 Å². The number of nitrogens with one attached hydrogen (secondary N) is 1. The molecule has 0 aliphatic rings. The van der Waals surface area contributed by atoms with E-state index in [-0.39, 0.29) is 24.7 Å². The van der Waals surface area contributed by atoms with Crippen molar-refractivity contribution in [3.05, 3.63) is 29.8 Å². The van der Waals surface area contributed by atoms with Crippen LogP contribution in [0.2, 0.25) is 0 Å². The Morgan fingerprint density at radius 1 is 1.22 bits per heavy atom. The van der Waals surface area contributed by atoms with Gasteiger partial charge in [-0.25, -0.2) is 0 Å². The molecule has 0 radical (unpaired) electrons. The van der Waals surface area contributed by atoms with E-state index in [1.165, 1.54) is 0 Å². The first kappa shape index (κ1) is 20.9. The predicted molar refractivity (Wildman–Crippen MR) is 91.4 cm³/mol. The molecule has 0 saturated heterocycles. The first-order chi connectivity index (χ1) is 10.4. The van der Waals surface area contributed by atoms with Crippen molar-refractivity contribution in [3.8, 4) is 0 Å². The number of benzene rings is 1. The molecule has 0 aliphatic heterocycles. The fourth-order valence-corrected chi connectivity index (χ4v) is 1.97. The summed E-state index contributed by atoms with van der Waals surface area (Å²) in [6, 6.07) is 5.56. The average molecular weight is 343 g/mol. The van der Waals surface area contributed by atoms with E-state index in [1.54, 1.807) is 29.2 Å². The normalized spacial score (nSPS) is 11.1. The first-order valence-corrected chi connectivity index (χ1v) is 7.13. The number of nitrogens with zero attached hydrogens (tertiary/aromatic N) is 1. The summed E-state index contributed by atoms with van der Waals surface area (Å²) in [4.78, 5) is 36.5. The van der Waals surface area contributed by atoms with Crippen molar-refractivity contribution in [1.82, 2.24) is 4.90 Å². The minimum Gasteiger partial charge on any atom is -0.370 e. The Morgan fingerprint density at radius 3 is 2.35 bits per heavy atom. The van der Waals surface area contributed by atoms with Crippen LogP contribution in [0.5, 0.6) is 0 Å². The lowest BCUT2D eigenvalue weighted by atomic mass is 10.1. The third-order valence-corrected chi connectivity index (χ3v) is 3.19. The van der Waals surface area contributed by atoms with Gasteiger partial charge in [-0.15, -0.1) is 12.4 Å². The van der Waals surface area contributed by atoms with Gasteiger partial charge < -0.3 is 21.7 Å². The summed E-state index contributed by atoms with van der Waals surface area (Å²) in [5.41, 5.74) is 11.5. The number of nitrogens with two attached hydrogens (primary N) is 2. The van der Waals surface area contributed by atoms with E-state index in [0.29, 0.717) is 24.3 Å². The highest BCUT2D eigenvalue weighted by Gasteiger charge is 2.17. The Morgan fingerprint density at radius 2 is 1.83 bits per heavy atom. The Balaban J connectivity index is 0.00000484. The quantitative estimate of drug-likeness (QED) is 0.676. The summed E-state index contributed by atoms with van der Waals surface area (Å²) in [7, 11) is 0. The topological polar surface area (TPSA) is 119 Å². The van der Waals surface area contributed by atoms with Gasteiger partial charge in [0.15, 0.2) is 0 Å². The second kappa shape index (κ2) is 9.81. The van der Waals surface area contributed by atoms with Crippen LogP contribution in [0, 0.1) is 0 Å². The van der Waals surface area contributed by atoms with Crippen molar-refractivity contribution in [2.75, 3.05) is 18.4 Å². The third kappa shape index (κ3) is 6.25. The van der Waals surface area contributed by atoms with E-state index in [0.717, 1.165) is 0 Å². The standard InChI is InChI=1S/C15H22N4O3.ClH/c1-3-19(4-2)15(22)10-6-5-7-11(8-10)18-14(21)12(16)9-13(17)20;/h5-8,12H,3-4,9,16H2,1-2H3,(H2,17,20)(H,18,21);1H. The monoisotopic (exact) mass is 342 g/mol. The summed E-state index contributed by atoms with van der Waals surface area (Å²) >= 11 is 0. The number of anilines is 1. The van der Waals surface area contributed by atoms with Crippen LogP contribution in [0.3, 0.4) is 0 Å². The fraction of sp³-hybridized carbons (Fsp3) is 0.400. The van der Waals surface area contributed by atoms with Crippen LogP contribution in [-0.4, -0.2) is 41.8 Å². The number of primary amides is 1. The molecule has 1 atom stereocenters. The Labute approximate surface area is 141 Å². The number of hydrogen-bond acceptors (Lipinski definition) is 4. The Bertz CT molecular complexity index is 561. The summed E-state index contributed by atoms with van der Waals surface area (Å²) in [6.45, 7) is 5.01. The zero-order valence-corrected chi connectivity index (χ0v) is 14.1. The van der Waals surface area contributed by atoms with Crippen molar-refractivity contribution in [3.63, 3.8) is 0 Å².